The first-order chi connectivity index (χ1) is 14.6. The van der Waals surface area contributed by atoms with E-state index in [4.69, 9.17) is 0 Å². The van der Waals surface area contributed by atoms with Gasteiger partial charge >= 0.3 is 0 Å². The fraction of sp³-hybridized carbons (Fsp3) is 0.455. The topological polar surface area (TPSA) is 74.8 Å². The number of nitrogens with zero attached hydrogens (tertiary/aromatic N) is 2. The minimum absolute atomic E-state index is 0.0168. The highest BCUT2D eigenvalue weighted by Crippen LogP contribution is 2.31. The van der Waals surface area contributed by atoms with Gasteiger partial charge in [-0.25, -0.2) is 21.2 Å². The lowest BCUT2D eigenvalue weighted by Crippen LogP contribution is -2.55. The van der Waals surface area contributed by atoms with Crippen LogP contribution in [0, 0.1) is 19.7 Å². The van der Waals surface area contributed by atoms with Crippen LogP contribution in [-0.2, 0) is 19.7 Å². The molecule has 2 saturated heterocycles. The van der Waals surface area contributed by atoms with Crippen LogP contribution in [0.25, 0.3) is 0 Å². The molecule has 168 valence electrons. The maximum absolute atomic E-state index is 13.7. The molecular weight excluding hydrogens is 439 g/mol. The molecule has 2 fully saturated rings. The van der Waals surface area contributed by atoms with E-state index in [-0.39, 0.29) is 16.2 Å². The van der Waals surface area contributed by atoms with Crippen molar-refractivity contribution >= 4 is 25.4 Å². The number of benzene rings is 2. The molecule has 0 amide bonds. The Morgan fingerprint density at radius 1 is 0.968 bits per heavy atom. The first kappa shape index (κ1) is 22.2. The number of sulfone groups is 2. The second-order valence-electron chi connectivity index (χ2n) is 8.50. The van der Waals surface area contributed by atoms with Gasteiger partial charge in [-0.1, -0.05) is 12.1 Å². The molecule has 0 N–H and O–H groups in total. The molecule has 2 aromatic carbocycles. The molecule has 4 rings (SSSR count). The third-order valence-electron chi connectivity index (χ3n) is 6.28. The zero-order valence-electron chi connectivity index (χ0n) is 17.7. The molecule has 0 saturated carbocycles. The summed E-state index contributed by atoms with van der Waals surface area (Å²) in [5.41, 5.74) is 2.51. The summed E-state index contributed by atoms with van der Waals surface area (Å²) in [4.78, 5) is 4.21. The van der Waals surface area contributed by atoms with Gasteiger partial charge in [0.2, 0.25) is 0 Å². The number of hydrogen-bond donors (Lipinski definition) is 0. The lowest BCUT2D eigenvalue weighted by Gasteiger charge is -2.40. The number of rotatable bonds is 4. The summed E-state index contributed by atoms with van der Waals surface area (Å²) in [5, 5.41) is -1.05. The lowest BCUT2D eigenvalue weighted by atomic mass is 10.1. The van der Waals surface area contributed by atoms with Crippen LogP contribution in [0.2, 0.25) is 0 Å². The Morgan fingerprint density at radius 2 is 1.68 bits per heavy atom. The number of anilines is 1. The van der Waals surface area contributed by atoms with Crippen molar-refractivity contribution in [3.8, 4) is 0 Å². The average molecular weight is 467 g/mol. The van der Waals surface area contributed by atoms with Gasteiger partial charge in [0.1, 0.15) is 5.82 Å². The van der Waals surface area contributed by atoms with E-state index in [9.17, 15) is 21.2 Å². The van der Waals surface area contributed by atoms with Gasteiger partial charge in [0, 0.05) is 37.9 Å². The third-order valence-corrected chi connectivity index (χ3v) is 10.4. The van der Waals surface area contributed by atoms with Gasteiger partial charge in [0.25, 0.3) is 0 Å². The Hall–Kier alpha value is -1.97. The lowest BCUT2D eigenvalue weighted by molar-refractivity contribution is 0.201. The summed E-state index contributed by atoms with van der Waals surface area (Å²) in [6.45, 7) is 6.10. The van der Waals surface area contributed by atoms with E-state index >= 15 is 0 Å². The number of hydrogen-bond acceptors (Lipinski definition) is 6. The van der Waals surface area contributed by atoms with Crippen LogP contribution in [0.1, 0.15) is 11.1 Å². The maximum Gasteiger partial charge on any atom is 0.183 e. The first-order valence-electron chi connectivity index (χ1n) is 10.3. The molecule has 6 nitrogen and oxygen atoms in total. The number of piperazine rings is 1. The molecule has 2 unspecified atom stereocenters. The predicted octanol–water partition coefficient (Wildman–Crippen LogP) is 2.20. The van der Waals surface area contributed by atoms with Gasteiger partial charge in [-0.2, -0.15) is 0 Å². The Bertz CT molecular complexity index is 1190. The monoisotopic (exact) mass is 466 g/mol. The highest BCUT2D eigenvalue weighted by molar-refractivity contribution is 7.96. The van der Waals surface area contributed by atoms with Crippen LogP contribution in [0.3, 0.4) is 0 Å². The Kier molecular flexibility index (Phi) is 5.87. The molecule has 2 aliphatic rings. The van der Waals surface area contributed by atoms with Crippen molar-refractivity contribution in [3.63, 3.8) is 0 Å². The zero-order chi connectivity index (χ0) is 22.4. The molecule has 0 aliphatic carbocycles. The van der Waals surface area contributed by atoms with Crippen molar-refractivity contribution in [1.29, 1.82) is 0 Å². The quantitative estimate of drug-likeness (QED) is 0.644. The average Bonchev–Trinajstić information content (AvgIpc) is 3.06. The molecule has 0 spiro atoms. The number of aryl methyl sites for hydroxylation is 2. The predicted molar refractivity (Wildman–Crippen MR) is 120 cm³/mol. The largest absolute Gasteiger partial charge is 0.369 e. The Morgan fingerprint density at radius 3 is 2.32 bits per heavy atom. The summed E-state index contributed by atoms with van der Waals surface area (Å²) in [7, 11) is -7.40. The van der Waals surface area contributed by atoms with Crippen LogP contribution in [0.15, 0.2) is 47.4 Å². The fourth-order valence-corrected chi connectivity index (χ4v) is 9.45. The first-order valence-corrected chi connectivity index (χ1v) is 13.7. The highest BCUT2D eigenvalue weighted by atomic mass is 32.2. The Balaban J connectivity index is 1.56. The van der Waals surface area contributed by atoms with Crippen molar-refractivity contribution in [2.45, 2.75) is 30.0 Å². The van der Waals surface area contributed by atoms with E-state index < -0.39 is 42.5 Å². The van der Waals surface area contributed by atoms with E-state index in [0.717, 1.165) is 11.8 Å². The maximum atomic E-state index is 13.7. The summed E-state index contributed by atoms with van der Waals surface area (Å²) in [5.74, 6) is -1.04. The van der Waals surface area contributed by atoms with Crippen LogP contribution in [0.5, 0.6) is 0 Å². The summed E-state index contributed by atoms with van der Waals surface area (Å²) >= 11 is 0. The fourth-order valence-electron chi connectivity index (χ4n) is 4.54. The number of halogens is 1. The molecule has 31 heavy (non-hydrogen) atoms. The van der Waals surface area contributed by atoms with E-state index in [1.807, 2.05) is 30.0 Å². The molecule has 2 aromatic rings. The van der Waals surface area contributed by atoms with Gasteiger partial charge in [0.15, 0.2) is 19.7 Å². The van der Waals surface area contributed by atoms with Crippen LogP contribution >= 0.6 is 0 Å². The molecule has 2 heterocycles. The second-order valence-corrected chi connectivity index (χ2v) is 12.8. The molecule has 9 heteroatoms. The molecule has 0 aromatic heterocycles. The van der Waals surface area contributed by atoms with Crippen molar-refractivity contribution < 1.29 is 21.2 Å². The summed E-state index contributed by atoms with van der Waals surface area (Å²) in [6.07, 6.45) is 0. The highest BCUT2D eigenvalue weighted by Gasteiger charge is 2.48. The van der Waals surface area contributed by atoms with Crippen LogP contribution in [0.4, 0.5) is 10.1 Å². The van der Waals surface area contributed by atoms with Crippen molar-refractivity contribution in [2.75, 3.05) is 42.6 Å². The van der Waals surface area contributed by atoms with Crippen molar-refractivity contribution in [3.05, 3.63) is 59.4 Å². The normalized spacial score (nSPS) is 24.4. The SMILES string of the molecule is Cc1cccc(N2CCN(C3CS(=O)(=O)CC3S(=O)(=O)c3ccc(F)c(C)c3)CC2)c1. The van der Waals surface area contributed by atoms with E-state index in [0.29, 0.717) is 26.2 Å². The van der Waals surface area contributed by atoms with Gasteiger partial charge in [-0.05, 0) is 55.3 Å². The molecular formula is C22H27FN2O4S2. The van der Waals surface area contributed by atoms with Gasteiger partial charge in [-0.3, -0.25) is 4.90 Å². The standard InChI is InChI=1S/C22H27FN2O4S2/c1-16-4-3-5-18(12-16)24-8-10-25(11-9-24)21-14-30(26,27)15-22(21)31(28,29)19-6-7-20(23)17(2)13-19/h3-7,12-13,21-22H,8-11,14-15H2,1-2H3. The molecule has 0 radical (unpaired) electrons. The smallest absolute Gasteiger partial charge is 0.183 e. The molecule has 2 atom stereocenters. The van der Waals surface area contributed by atoms with Gasteiger partial charge in [-0.15, -0.1) is 0 Å². The zero-order valence-corrected chi connectivity index (χ0v) is 19.3. The Labute approximate surface area is 183 Å². The van der Waals surface area contributed by atoms with E-state index in [2.05, 4.69) is 11.0 Å². The van der Waals surface area contributed by atoms with E-state index in [1.165, 1.54) is 24.6 Å². The van der Waals surface area contributed by atoms with Crippen molar-refractivity contribution in [1.82, 2.24) is 4.90 Å². The second kappa shape index (κ2) is 8.18. The summed E-state index contributed by atoms with van der Waals surface area (Å²) in [6, 6.07) is 11.3. The molecule has 0 bridgehead atoms. The van der Waals surface area contributed by atoms with Crippen molar-refractivity contribution in [2.24, 2.45) is 0 Å². The van der Waals surface area contributed by atoms with Gasteiger partial charge < -0.3 is 4.90 Å². The third kappa shape index (κ3) is 4.49. The minimum Gasteiger partial charge on any atom is -0.369 e. The molecule has 2 aliphatic heterocycles. The van der Waals surface area contributed by atoms with E-state index in [1.54, 1.807) is 0 Å². The summed E-state index contributed by atoms with van der Waals surface area (Å²) < 4.78 is 65.2. The van der Waals surface area contributed by atoms with Crippen LogP contribution < -0.4 is 4.90 Å². The minimum atomic E-state index is -3.92. The van der Waals surface area contributed by atoms with Gasteiger partial charge in [0.05, 0.1) is 21.7 Å². The van der Waals surface area contributed by atoms with Crippen LogP contribution in [-0.4, -0.2) is 70.7 Å².